The lowest BCUT2D eigenvalue weighted by molar-refractivity contribution is 0.0909. The van der Waals surface area contributed by atoms with Gasteiger partial charge in [0.25, 0.3) is 5.91 Å². The van der Waals surface area contributed by atoms with Gasteiger partial charge in [0.15, 0.2) is 5.82 Å². The number of para-hydroxylation sites is 1. The van der Waals surface area contributed by atoms with Crippen LogP contribution in [0.2, 0.25) is 5.02 Å². The van der Waals surface area contributed by atoms with Crippen LogP contribution in [-0.2, 0) is 0 Å². The lowest BCUT2D eigenvalue weighted by atomic mass is 9.79. The number of nitrogens with one attached hydrogen (secondary N) is 1. The van der Waals surface area contributed by atoms with Crippen molar-refractivity contribution in [1.82, 2.24) is 35.0 Å². The lowest BCUT2D eigenvalue weighted by Gasteiger charge is -2.35. The van der Waals surface area contributed by atoms with E-state index in [4.69, 9.17) is 11.6 Å². The van der Waals surface area contributed by atoms with Gasteiger partial charge in [-0.05, 0) is 49.2 Å². The topological polar surface area (TPSA) is 98.5 Å². The first-order chi connectivity index (χ1) is 17.2. The number of benzene rings is 2. The first kappa shape index (κ1) is 21.4. The van der Waals surface area contributed by atoms with Gasteiger partial charge in [0, 0.05) is 35.3 Å². The summed E-state index contributed by atoms with van der Waals surface area (Å²) in [7, 11) is 0. The predicted octanol–water partition coefficient (Wildman–Crippen LogP) is 4.60. The maximum atomic E-state index is 13.0. The van der Waals surface area contributed by atoms with Crippen LogP contribution in [0.4, 0.5) is 0 Å². The van der Waals surface area contributed by atoms with Crippen LogP contribution in [0.5, 0.6) is 0 Å². The van der Waals surface area contributed by atoms with E-state index in [1.54, 1.807) is 18.5 Å². The van der Waals surface area contributed by atoms with Crippen LogP contribution >= 0.6 is 11.6 Å². The van der Waals surface area contributed by atoms with Crippen LogP contribution in [0.3, 0.4) is 0 Å². The second-order valence-corrected chi connectivity index (χ2v) is 8.88. The second kappa shape index (κ2) is 8.88. The van der Waals surface area contributed by atoms with Crippen LogP contribution in [0.25, 0.3) is 28.1 Å². The maximum absolute atomic E-state index is 13.0. The summed E-state index contributed by atoms with van der Waals surface area (Å²) in [6.45, 7) is 0. The normalized spacial score (nSPS) is 17.2. The molecule has 3 heterocycles. The Hall–Kier alpha value is -4.17. The van der Waals surface area contributed by atoms with Crippen molar-refractivity contribution in [3.8, 4) is 17.2 Å². The number of hydrogen-bond acceptors (Lipinski definition) is 6. The van der Waals surface area contributed by atoms with Crippen molar-refractivity contribution in [2.45, 2.75) is 24.8 Å². The third kappa shape index (κ3) is 3.91. The summed E-state index contributed by atoms with van der Waals surface area (Å²) in [5, 5.41) is 13.6. The van der Waals surface area contributed by atoms with Gasteiger partial charge in [0.05, 0.1) is 16.2 Å². The van der Waals surface area contributed by atoms with Crippen molar-refractivity contribution in [2.75, 3.05) is 0 Å². The minimum Gasteiger partial charge on any atom is -0.349 e. The van der Waals surface area contributed by atoms with Crippen LogP contribution < -0.4 is 5.32 Å². The number of fused-ring (bicyclic) bond motifs is 1. The quantitative estimate of drug-likeness (QED) is 0.394. The largest absolute Gasteiger partial charge is 0.349 e. The Labute approximate surface area is 206 Å². The molecule has 0 bridgehead atoms. The molecule has 1 N–H and O–H groups in total. The van der Waals surface area contributed by atoms with E-state index in [1.165, 1.54) is 6.33 Å². The highest BCUT2D eigenvalue weighted by Crippen LogP contribution is 2.39. The second-order valence-electron chi connectivity index (χ2n) is 8.48. The van der Waals surface area contributed by atoms with Gasteiger partial charge >= 0.3 is 0 Å². The number of aromatic nitrogens is 6. The zero-order valence-electron chi connectivity index (χ0n) is 18.5. The van der Waals surface area contributed by atoms with Crippen molar-refractivity contribution in [3.63, 3.8) is 0 Å². The Balaban J connectivity index is 1.26. The zero-order valence-corrected chi connectivity index (χ0v) is 19.3. The number of carbonyl (C=O) groups is 1. The number of pyridine rings is 1. The van der Waals surface area contributed by atoms with Gasteiger partial charge < -0.3 is 5.32 Å². The number of carbonyl (C=O) groups excluding carboxylic acids is 1. The molecule has 1 saturated carbocycles. The molecule has 0 aliphatic heterocycles. The molecule has 1 fully saturated rings. The molecule has 9 heteroatoms. The molecular weight excluding hydrogens is 462 g/mol. The van der Waals surface area contributed by atoms with E-state index in [-0.39, 0.29) is 17.9 Å². The van der Waals surface area contributed by atoms with E-state index in [9.17, 15) is 4.79 Å². The van der Waals surface area contributed by atoms with Crippen LogP contribution in [-0.4, -0.2) is 41.7 Å². The summed E-state index contributed by atoms with van der Waals surface area (Å²) >= 11 is 6.55. The smallest absolute Gasteiger partial charge is 0.252 e. The molecule has 0 atom stereocenters. The van der Waals surface area contributed by atoms with Crippen LogP contribution in [0.15, 0.2) is 79.4 Å². The minimum atomic E-state index is -0.0960. The Morgan fingerprint density at radius 2 is 1.83 bits per heavy atom. The number of hydrogen-bond donors (Lipinski definition) is 1. The molecule has 2 aromatic carbocycles. The lowest BCUT2D eigenvalue weighted by Crippen LogP contribution is -2.44. The molecule has 35 heavy (non-hydrogen) atoms. The van der Waals surface area contributed by atoms with Crippen molar-refractivity contribution >= 4 is 28.4 Å². The third-order valence-corrected chi connectivity index (χ3v) is 6.64. The molecule has 6 rings (SSSR count). The van der Waals surface area contributed by atoms with E-state index in [1.807, 2.05) is 59.2 Å². The summed E-state index contributed by atoms with van der Waals surface area (Å²) in [5.74, 6) is 1.42. The van der Waals surface area contributed by atoms with Gasteiger partial charge in [0.1, 0.15) is 17.8 Å². The van der Waals surface area contributed by atoms with Crippen LogP contribution in [0, 0.1) is 0 Å². The summed E-state index contributed by atoms with van der Waals surface area (Å²) < 4.78 is 1.96. The molecule has 5 aromatic rings. The molecule has 0 saturated heterocycles. The number of nitrogens with zero attached hydrogens (tertiary/aromatic N) is 6. The van der Waals surface area contributed by atoms with Crippen LogP contribution in [0.1, 0.15) is 34.9 Å². The average molecular weight is 482 g/mol. The zero-order chi connectivity index (χ0) is 23.8. The van der Waals surface area contributed by atoms with Gasteiger partial charge in [-0.15, -0.1) is 10.2 Å². The SMILES string of the molecule is O=C(N[C@H]1C[C@H](c2nnc(-c3ccncn3)n2-c2ccccc2Cl)C1)c1cccc2ncccc12. The van der Waals surface area contributed by atoms with Gasteiger partial charge in [-0.25, -0.2) is 9.97 Å². The maximum Gasteiger partial charge on any atom is 0.252 e. The average Bonchev–Trinajstić information content (AvgIpc) is 3.30. The number of amides is 1. The molecule has 1 aliphatic carbocycles. The molecule has 0 spiro atoms. The van der Waals surface area contributed by atoms with Crippen molar-refractivity contribution < 1.29 is 4.79 Å². The standard InChI is InChI=1S/C26H20ClN7O/c27-20-7-1-2-9-23(20)34-24(32-33-25(34)22-10-12-28-15-30-22)16-13-17(14-16)31-26(35)19-5-3-8-21-18(19)6-4-11-29-21/h1-12,15-17H,13-14H2,(H,31,35)/t16-,17-. The molecule has 1 aliphatic rings. The fraction of sp³-hybridized carbons (Fsp3) is 0.154. The van der Waals surface area contributed by atoms with E-state index in [0.29, 0.717) is 22.1 Å². The third-order valence-electron chi connectivity index (χ3n) is 6.32. The molecule has 3 aromatic heterocycles. The van der Waals surface area contributed by atoms with Gasteiger partial charge in [-0.2, -0.15) is 0 Å². The van der Waals surface area contributed by atoms with E-state index in [0.717, 1.165) is 35.3 Å². The Kier molecular flexibility index (Phi) is 5.42. The Bertz CT molecular complexity index is 1520. The molecule has 0 unspecified atom stereocenters. The van der Waals surface area contributed by atoms with Crippen molar-refractivity contribution in [3.05, 3.63) is 95.8 Å². The molecule has 172 valence electrons. The van der Waals surface area contributed by atoms with Gasteiger partial charge in [-0.3, -0.25) is 14.3 Å². The highest BCUT2D eigenvalue weighted by molar-refractivity contribution is 6.32. The number of halogens is 1. The number of rotatable bonds is 5. The Morgan fingerprint density at radius 1 is 0.943 bits per heavy atom. The monoisotopic (exact) mass is 481 g/mol. The highest BCUT2D eigenvalue weighted by atomic mass is 35.5. The molecule has 1 amide bonds. The summed E-state index contributed by atoms with van der Waals surface area (Å²) in [6, 6.07) is 18.8. The molecule has 0 radical (unpaired) electrons. The fourth-order valence-corrected chi connectivity index (χ4v) is 4.75. The summed E-state index contributed by atoms with van der Waals surface area (Å²) in [4.78, 5) is 25.7. The minimum absolute atomic E-state index is 0.0401. The van der Waals surface area contributed by atoms with E-state index < -0.39 is 0 Å². The predicted molar refractivity (Wildman–Crippen MR) is 132 cm³/mol. The van der Waals surface area contributed by atoms with E-state index >= 15 is 0 Å². The highest BCUT2D eigenvalue weighted by Gasteiger charge is 2.36. The molecular formula is C26H20ClN7O. The first-order valence-corrected chi connectivity index (χ1v) is 11.7. The van der Waals surface area contributed by atoms with Crippen molar-refractivity contribution in [2.24, 2.45) is 0 Å². The van der Waals surface area contributed by atoms with E-state index in [2.05, 4.69) is 30.5 Å². The first-order valence-electron chi connectivity index (χ1n) is 11.3. The Morgan fingerprint density at radius 3 is 2.66 bits per heavy atom. The van der Waals surface area contributed by atoms with Crippen molar-refractivity contribution in [1.29, 1.82) is 0 Å². The van der Waals surface area contributed by atoms with Gasteiger partial charge in [-0.1, -0.05) is 35.9 Å². The summed E-state index contributed by atoms with van der Waals surface area (Å²) in [6.07, 6.45) is 6.39. The molecule has 8 nitrogen and oxygen atoms in total. The summed E-state index contributed by atoms with van der Waals surface area (Å²) in [5.41, 5.74) is 2.88. The van der Waals surface area contributed by atoms with Gasteiger partial charge in [0.2, 0.25) is 0 Å². The fourth-order valence-electron chi connectivity index (χ4n) is 4.53.